The molecule has 2 aromatic heterocycles. The Labute approximate surface area is 215 Å². The van der Waals surface area contributed by atoms with Gasteiger partial charge in [-0.15, -0.1) is 0 Å². The van der Waals surface area contributed by atoms with Gasteiger partial charge in [-0.25, -0.2) is 0 Å². The Morgan fingerprint density at radius 3 is 2.81 bits per heavy atom. The molecule has 4 aliphatic rings. The topological polar surface area (TPSA) is 77.2 Å². The number of hydrogen-bond donors (Lipinski definition) is 1. The van der Waals surface area contributed by atoms with Gasteiger partial charge in [0.1, 0.15) is 6.54 Å². The lowest BCUT2D eigenvalue weighted by atomic mass is 9.42. The van der Waals surface area contributed by atoms with Crippen molar-refractivity contribution in [1.82, 2.24) is 14.8 Å². The smallest absolute Gasteiger partial charge is 0.157 e. The van der Waals surface area contributed by atoms with Crippen LogP contribution in [0.25, 0.3) is 10.9 Å². The molecule has 0 amide bonds. The van der Waals surface area contributed by atoms with Crippen LogP contribution in [-0.2, 0) is 16.1 Å². The first-order chi connectivity index (χ1) is 17.3. The maximum Gasteiger partial charge on any atom is 0.157 e. The van der Waals surface area contributed by atoms with Crippen LogP contribution in [0.4, 0.5) is 0 Å². The standard InChI is InChI=1S/C30H43N3O3/c1-28(35)11-12-30(13-15-36-3)21(16-28)4-5-22-23-6-7-25(29(23,2)10-8-24(22)30)27(34)19-33-26-18-31-14-9-20(26)17-32-33/h9,14,17-18,21-25,35H,4-8,10-13,15-16,19H2,1-3H3/t21-,22-,23-,24-,25+,28+,29-,30+/m0/s1. The molecule has 4 fully saturated rings. The molecule has 2 heterocycles. The minimum Gasteiger partial charge on any atom is -0.390 e. The highest BCUT2D eigenvalue weighted by atomic mass is 16.5. The average Bonchev–Trinajstić information content (AvgIpc) is 3.43. The second kappa shape index (κ2) is 8.90. The summed E-state index contributed by atoms with van der Waals surface area (Å²) in [5.74, 6) is 3.11. The number of pyridine rings is 1. The molecule has 0 saturated heterocycles. The van der Waals surface area contributed by atoms with Gasteiger partial charge < -0.3 is 9.84 Å². The number of Topliss-reactive ketones (excluding diaryl/α,β-unsaturated/α-hetero) is 1. The molecule has 6 nitrogen and oxygen atoms in total. The van der Waals surface area contributed by atoms with Gasteiger partial charge in [0.2, 0.25) is 0 Å². The Balaban J connectivity index is 1.24. The monoisotopic (exact) mass is 493 g/mol. The number of aliphatic hydroxyl groups is 1. The summed E-state index contributed by atoms with van der Waals surface area (Å²) in [6.45, 7) is 5.65. The highest BCUT2D eigenvalue weighted by Gasteiger charge is 2.62. The highest BCUT2D eigenvalue weighted by Crippen LogP contribution is 2.69. The third-order valence-corrected chi connectivity index (χ3v) is 11.6. The van der Waals surface area contributed by atoms with Gasteiger partial charge >= 0.3 is 0 Å². The summed E-state index contributed by atoms with van der Waals surface area (Å²) in [5.41, 5.74) is 0.815. The van der Waals surface area contributed by atoms with Gasteiger partial charge in [-0.3, -0.25) is 14.5 Å². The number of methoxy groups -OCH3 is 1. The van der Waals surface area contributed by atoms with Crippen molar-refractivity contribution in [2.75, 3.05) is 13.7 Å². The molecule has 6 rings (SSSR count). The maximum atomic E-state index is 13.8. The van der Waals surface area contributed by atoms with Crippen LogP contribution in [-0.4, -0.2) is 45.0 Å². The van der Waals surface area contributed by atoms with Crippen LogP contribution in [0.2, 0.25) is 0 Å². The summed E-state index contributed by atoms with van der Waals surface area (Å²) in [4.78, 5) is 18.0. The molecular formula is C30H43N3O3. The number of rotatable bonds is 6. The Morgan fingerprint density at radius 1 is 1.11 bits per heavy atom. The molecule has 36 heavy (non-hydrogen) atoms. The molecule has 0 aliphatic heterocycles. The zero-order valence-electron chi connectivity index (χ0n) is 22.3. The molecule has 0 unspecified atom stereocenters. The van der Waals surface area contributed by atoms with Crippen molar-refractivity contribution >= 4 is 16.7 Å². The summed E-state index contributed by atoms with van der Waals surface area (Å²) in [5, 5.41) is 16.5. The van der Waals surface area contributed by atoms with E-state index < -0.39 is 5.60 Å². The number of ether oxygens (including phenoxy) is 1. The van der Waals surface area contributed by atoms with E-state index in [9.17, 15) is 9.90 Å². The van der Waals surface area contributed by atoms with E-state index >= 15 is 0 Å². The molecule has 8 atom stereocenters. The molecule has 196 valence electrons. The molecule has 0 radical (unpaired) electrons. The fourth-order valence-electron chi connectivity index (χ4n) is 9.85. The molecule has 2 aromatic rings. The number of carbonyl (C=O) groups excluding carboxylic acids is 1. The van der Waals surface area contributed by atoms with Crippen molar-refractivity contribution in [1.29, 1.82) is 0 Å². The second-order valence-corrected chi connectivity index (χ2v) is 13.2. The summed E-state index contributed by atoms with van der Waals surface area (Å²) < 4.78 is 7.49. The molecule has 4 aliphatic carbocycles. The van der Waals surface area contributed by atoms with Crippen molar-refractivity contribution in [2.24, 2.45) is 40.4 Å². The lowest BCUT2D eigenvalue weighted by Crippen LogP contribution is -2.57. The van der Waals surface area contributed by atoms with Crippen molar-refractivity contribution in [3.63, 3.8) is 0 Å². The molecule has 0 bridgehead atoms. The van der Waals surface area contributed by atoms with Crippen LogP contribution in [0.5, 0.6) is 0 Å². The SMILES string of the molecule is COCC[C@]12CC[C@@](C)(O)C[C@@H]1CC[C@H]1[C@@H]3CC[C@H](C(=O)Cn4ncc5ccncc54)[C@@]3(C)CC[C@@H]12. The van der Waals surface area contributed by atoms with Crippen LogP contribution >= 0.6 is 0 Å². The third-order valence-electron chi connectivity index (χ3n) is 11.6. The van der Waals surface area contributed by atoms with Gasteiger partial charge in [0.25, 0.3) is 0 Å². The number of nitrogens with zero attached hydrogens (tertiary/aromatic N) is 3. The average molecular weight is 494 g/mol. The normalized spacial score (nSPS) is 42.1. The maximum absolute atomic E-state index is 13.8. The van der Waals surface area contributed by atoms with E-state index in [-0.39, 0.29) is 11.3 Å². The van der Waals surface area contributed by atoms with Crippen LogP contribution in [0, 0.1) is 40.4 Å². The summed E-state index contributed by atoms with van der Waals surface area (Å²) in [6.07, 6.45) is 16.6. The van der Waals surface area contributed by atoms with E-state index in [0.717, 1.165) is 56.0 Å². The largest absolute Gasteiger partial charge is 0.390 e. The Bertz CT molecular complexity index is 1130. The van der Waals surface area contributed by atoms with E-state index in [4.69, 9.17) is 4.74 Å². The van der Waals surface area contributed by atoms with Crippen molar-refractivity contribution in [2.45, 2.75) is 90.2 Å². The van der Waals surface area contributed by atoms with Gasteiger partial charge in [-0.05, 0) is 112 Å². The number of aromatic nitrogens is 3. The van der Waals surface area contributed by atoms with E-state index in [1.807, 2.05) is 37.2 Å². The van der Waals surface area contributed by atoms with Crippen LogP contribution in [0.1, 0.15) is 78.1 Å². The highest BCUT2D eigenvalue weighted by molar-refractivity contribution is 5.84. The minimum atomic E-state index is -0.520. The van der Waals surface area contributed by atoms with Gasteiger partial charge in [-0.2, -0.15) is 5.10 Å². The van der Waals surface area contributed by atoms with E-state index in [1.54, 1.807) is 6.20 Å². The predicted octanol–water partition coefficient (Wildman–Crippen LogP) is 5.43. The first kappa shape index (κ1) is 24.5. The van der Waals surface area contributed by atoms with Gasteiger partial charge in [0.15, 0.2) is 5.78 Å². The lowest BCUT2D eigenvalue weighted by molar-refractivity contribution is -0.163. The Hall–Kier alpha value is -1.79. The fourth-order valence-corrected chi connectivity index (χ4v) is 9.85. The molecular weight excluding hydrogens is 450 g/mol. The first-order valence-electron chi connectivity index (χ1n) is 14.3. The first-order valence-corrected chi connectivity index (χ1v) is 14.3. The predicted molar refractivity (Wildman–Crippen MR) is 139 cm³/mol. The Kier molecular flexibility index (Phi) is 6.07. The van der Waals surface area contributed by atoms with Crippen LogP contribution < -0.4 is 0 Å². The molecule has 1 N–H and O–H groups in total. The van der Waals surface area contributed by atoms with Crippen molar-refractivity contribution in [3.8, 4) is 0 Å². The summed E-state index contributed by atoms with van der Waals surface area (Å²) >= 11 is 0. The fraction of sp³-hybridized carbons (Fsp3) is 0.767. The molecule has 0 aromatic carbocycles. The van der Waals surface area contributed by atoms with Crippen LogP contribution in [0.15, 0.2) is 24.7 Å². The third kappa shape index (κ3) is 3.77. The van der Waals surface area contributed by atoms with Gasteiger partial charge in [-0.1, -0.05) is 6.92 Å². The molecule has 0 spiro atoms. The Morgan fingerprint density at radius 2 is 1.97 bits per heavy atom. The van der Waals surface area contributed by atoms with Crippen molar-refractivity contribution in [3.05, 3.63) is 24.7 Å². The van der Waals surface area contributed by atoms with Crippen molar-refractivity contribution < 1.29 is 14.6 Å². The zero-order chi connectivity index (χ0) is 25.1. The van der Waals surface area contributed by atoms with E-state index in [2.05, 4.69) is 17.0 Å². The van der Waals surface area contributed by atoms with Crippen LogP contribution in [0.3, 0.4) is 0 Å². The number of hydrogen-bond acceptors (Lipinski definition) is 5. The van der Waals surface area contributed by atoms with Gasteiger partial charge in [0.05, 0.1) is 23.5 Å². The zero-order valence-corrected chi connectivity index (χ0v) is 22.3. The number of ketones is 1. The summed E-state index contributed by atoms with van der Waals surface area (Å²) in [6, 6.07) is 1.96. The number of fused-ring (bicyclic) bond motifs is 6. The quantitative estimate of drug-likeness (QED) is 0.581. The minimum absolute atomic E-state index is 0.0922. The number of carbonyl (C=O) groups is 1. The lowest BCUT2D eigenvalue weighted by Gasteiger charge is -2.63. The second-order valence-electron chi connectivity index (χ2n) is 13.2. The summed E-state index contributed by atoms with van der Waals surface area (Å²) in [7, 11) is 1.83. The van der Waals surface area contributed by atoms with E-state index in [0.29, 0.717) is 41.4 Å². The van der Waals surface area contributed by atoms with Gasteiger partial charge in [0, 0.05) is 31.2 Å². The van der Waals surface area contributed by atoms with E-state index in [1.165, 1.54) is 25.7 Å². The molecule has 4 saturated carbocycles. The molecule has 6 heteroatoms.